The summed E-state index contributed by atoms with van der Waals surface area (Å²) < 4.78 is 137. The summed E-state index contributed by atoms with van der Waals surface area (Å²) in [6.45, 7) is 77.8. The summed E-state index contributed by atoms with van der Waals surface area (Å²) in [4.78, 5) is 141. The lowest BCUT2D eigenvalue weighted by Crippen LogP contribution is -2.42. The number of amides is 9. The number of nitrogens with zero attached hydrogens (tertiary/aromatic N) is 10. The van der Waals surface area contributed by atoms with E-state index in [9.17, 15) is 87.5 Å². The van der Waals surface area contributed by atoms with Crippen molar-refractivity contribution in [2.45, 2.75) is 442 Å². The van der Waals surface area contributed by atoms with Gasteiger partial charge in [-0.3, -0.25) is 9.59 Å². The maximum atomic E-state index is 12.5. The quantitative estimate of drug-likeness (QED) is 0.0259. The molecule has 0 saturated carbocycles. The average Bonchev–Trinajstić information content (AvgIpc) is 1.61. The van der Waals surface area contributed by atoms with E-state index in [1.54, 1.807) is 62.0 Å². The molecule has 832 valence electrons. The van der Waals surface area contributed by atoms with E-state index in [1.165, 1.54) is 45.9 Å². The molecule has 32 nitrogen and oxygen atoms in total. The highest BCUT2D eigenvalue weighted by Gasteiger charge is 2.34. The number of ether oxygens (including phenoxy) is 9. The summed E-state index contributed by atoms with van der Waals surface area (Å²) >= 11 is 0. The number of halogens is 6. The lowest BCUT2D eigenvalue weighted by Gasteiger charge is -2.30. The Bertz CT molecular complexity index is 3870. The number of fused-ring (bicyclic) bond motifs is 3. The summed E-state index contributed by atoms with van der Waals surface area (Å²) in [5, 5.41) is 8.28. The van der Waals surface area contributed by atoms with Gasteiger partial charge in [0.05, 0.1) is 31.3 Å². The molecule has 0 heterocycles. The number of hydrogen-bond donors (Lipinski definition) is 0. The van der Waals surface area contributed by atoms with Gasteiger partial charge in [-0.1, -0.05) is 68.2 Å². The van der Waals surface area contributed by atoms with E-state index in [-0.39, 0.29) is 215 Å². The third kappa shape index (κ3) is 66.2. The number of alkyl halides is 6. The van der Waals surface area contributed by atoms with Crippen LogP contribution >= 0.6 is 0 Å². The van der Waals surface area contributed by atoms with Crippen LogP contribution in [0.1, 0.15) is 306 Å². The number of rotatable bonds is 40. The van der Waals surface area contributed by atoms with E-state index in [1.807, 2.05) is 240 Å². The zero-order chi connectivity index (χ0) is 113. The molecule has 0 N–H and O–H groups in total. The molecule has 0 aliphatic heterocycles. The van der Waals surface area contributed by atoms with Gasteiger partial charge in [0.25, 0.3) is 6.43 Å². The van der Waals surface area contributed by atoms with Crippen LogP contribution in [0.4, 0.5) is 69.5 Å². The first-order chi connectivity index (χ1) is 65.5. The maximum Gasteiger partial charge on any atom is 0.410 e. The van der Waals surface area contributed by atoms with Gasteiger partial charge in [0.2, 0.25) is 0 Å². The van der Waals surface area contributed by atoms with Crippen LogP contribution in [0.2, 0.25) is 25.7 Å². The zero-order valence-electron chi connectivity index (χ0n) is 94.6. The highest BCUT2D eigenvalue weighted by Crippen LogP contribution is 2.45. The fourth-order valence-electron chi connectivity index (χ4n) is 14.4. The molecule has 0 unspecified atom stereocenters. The number of ketones is 2. The molecular formula is C103H186F6N10O22SSi. The Hall–Kier alpha value is -9.55. The van der Waals surface area contributed by atoms with E-state index >= 15 is 0 Å². The Balaban J connectivity index is -0.000000372. The molecule has 40 heteroatoms. The molecule has 0 spiro atoms. The number of carbonyl (C=O) groups excluding carboxylic acids is 11. The Morgan fingerprint density at radius 2 is 0.573 bits per heavy atom. The molecule has 9 amide bonds. The second kappa shape index (κ2) is 75.2. The first-order valence-electron chi connectivity index (χ1n) is 49.7. The average molecular weight is 2090 g/mol. The van der Waals surface area contributed by atoms with Crippen molar-refractivity contribution in [3.63, 3.8) is 0 Å². The standard InChI is InChI=1S/C21H25NO2.C12H27NO2Si.2C11H21NO3.C10H18F3NO2.C10H18N2O2.C10H21NO4S.C9H17F2NO2.C9H18FNO2/c1-14(2)22(15(3)4)21(23)24-13-20-18-11-7-5-9-16(18)17-10-6-8-12-19(17)20;1-10(2)13(11(3)4)12(14)15-8-9-16(5,6)7;2*1-8(2)12(9(3)4)11(14)15-7-6-10(5)13;1-7(2)14(8(3)4)9(15)16-6-5-10(11,12)13;1-8(2)12(9(3)4)10(13)14-7-5-6-11;1-8(2)11(9(3)4)10(12)15-6-7-16(5,13)14;1-6(2)12(7(3)4)9(13)14-5-8(10)11;1-7(2)11(8(3)4)9(12)13-6-5-10/h5-12,14-15,20H,13H2,1-4H3;10-11H,8-9H2,1-7H3;2*8-9H,6-7H2,1-5H3;7-8H,5-6H2,1-4H3;8-9H,5,7H2,1-4H3;8-9H,6-7H2,1-5H3;6-8H,5H2,1-4H3;7-8H,5-6H2,1-4H3. The van der Waals surface area contributed by atoms with Crippen molar-refractivity contribution in [3.8, 4) is 17.2 Å². The Morgan fingerprint density at radius 1 is 0.350 bits per heavy atom. The van der Waals surface area contributed by atoms with Crippen LogP contribution in [-0.4, -0.2) is 326 Å². The topological polar surface area (TPSA) is 358 Å². The lowest BCUT2D eigenvalue weighted by molar-refractivity contribution is -0.142. The molecule has 0 aromatic heterocycles. The molecule has 0 radical (unpaired) electrons. The monoisotopic (exact) mass is 2090 g/mol. The number of nitriles is 1. The second-order valence-electron chi connectivity index (χ2n) is 40.2. The molecular weight excluding hydrogens is 1900 g/mol. The molecule has 0 atom stereocenters. The van der Waals surface area contributed by atoms with Crippen LogP contribution in [0.5, 0.6) is 0 Å². The van der Waals surface area contributed by atoms with E-state index < -0.39 is 81.2 Å². The van der Waals surface area contributed by atoms with Crippen molar-refractivity contribution in [2.75, 3.05) is 78.1 Å². The van der Waals surface area contributed by atoms with Gasteiger partial charge >= 0.3 is 61.0 Å². The van der Waals surface area contributed by atoms with Gasteiger partial charge < -0.3 is 86.7 Å². The molecule has 3 rings (SSSR count). The van der Waals surface area contributed by atoms with Crippen LogP contribution in [0.3, 0.4) is 0 Å². The first kappa shape index (κ1) is 144. The Labute approximate surface area is 856 Å². The molecule has 0 saturated heterocycles. The lowest BCUT2D eigenvalue weighted by atomic mass is 9.98. The SMILES string of the molecule is CC(=O)CCOC(=O)N(C(C)C)C(C)C.CC(=O)CCOC(=O)N(C(C)C)C(C)C.CC(C)N(C(=O)OCC(F)F)C(C)C.CC(C)N(C(=O)OCC1c2ccccc2-c2ccccc21)C(C)C.CC(C)N(C(=O)OCCC#N)C(C)C.CC(C)N(C(=O)OCCC(F)(F)F)C(C)C.CC(C)N(C(=O)OCCF)C(C)C.CC(C)N(C(=O)OCCS(C)(=O)=O)C(C)C.CC(C)N(C(=O)OCC[Si](C)(C)C)C(C)C. The molecule has 2 aromatic rings. The highest BCUT2D eigenvalue weighted by atomic mass is 32.2. The number of hydrogen-bond acceptors (Lipinski definition) is 23. The minimum atomic E-state index is -4.29. The largest absolute Gasteiger partial charge is 0.450 e. The fourth-order valence-corrected chi connectivity index (χ4v) is 15.5. The van der Waals surface area contributed by atoms with Gasteiger partial charge in [-0.15, -0.1) is 0 Å². The van der Waals surface area contributed by atoms with Crippen LogP contribution < -0.4 is 0 Å². The zero-order valence-corrected chi connectivity index (χ0v) is 96.4. The summed E-state index contributed by atoms with van der Waals surface area (Å²) in [5.41, 5.74) is 4.98. The molecule has 0 fully saturated rings. The third-order valence-corrected chi connectivity index (χ3v) is 22.7. The maximum absolute atomic E-state index is 12.5. The van der Waals surface area contributed by atoms with Crippen molar-refractivity contribution < 1.29 is 130 Å². The van der Waals surface area contributed by atoms with Crippen LogP contribution in [0.15, 0.2) is 48.5 Å². The van der Waals surface area contributed by atoms with E-state index in [0.717, 1.165) is 12.3 Å². The second-order valence-corrected chi connectivity index (χ2v) is 48.1. The number of carbonyl (C=O) groups is 11. The minimum absolute atomic E-state index is 0.0310. The van der Waals surface area contributed by atoms with Crippen molar-refractivity contribution in [1.29, 1.82) is 5.26 Å². The summed E-state index contributed by atoms with van der Waals surface area (Å²) in [7, 11) is -4.19. The van der Waals surface area contributed by atoms with Gasteiger partial charge in [0, 0.05) is 142 Å². The number of sulfone groups is 1. The predicted octanol–water partition coefficient (Wildman–Crippen LogP) is 24.4. The molecule has 1 aliphatic carbocycles. The van der Waals surface area contributed by atoms with E-state index in [4.69, 9.17) is 33.7 Å². The Kier molecular flexibility index (Phi) is 75.8. The summed E-state index contributed by atoms with van der Waals surface area (Å²) in [5.74, 6) is 0.0392. The molecule has 143 heavy (non-hydrogen) atoms. The Morgan fingerprint density at radius 3 is 0.797 bits per heavy atom. The smallest absolute Gasteiger partial charge is 0.410 e. The molecule has 1 aliphatic rings. The van der Waals surface area contributed by atoms with Gasteiger partial charge in [-0.25, -0.2) is 64.7 Å². The van der Waals surface area contributed by atoms with Crippen molar-refractivity contribution in [1.82, 2.24) is 44.1 Å². The minimum Gasteiger partial charge on any atom is -0.450 e. The van der Waals surface area contributed by atoms with E-state index in [0.29, 0.717) is 13.2 Å². The molecule has 0 bridgehead atoms. The van der Waals surface area contributed by atoms with Gasteiger partial charge in [-0.05, 0) is 291 Å². The predicted molar refractivity (Wildman–Crippen MR) is 556 cm³/mol. The summed E-state index contributed by atoms with van der Waals surface area (Å²) in [6.07, 6.45) is -9.81. The fraction of sp³-hybridized carbons (Fsp3) is 0.767. The van der Waals surface area contributed by atoms with Gasteiger partial charge in [0.1, 0.15) is 64.5 Å². The van der Waals surface area contributed by atoms with Crippen molar-refractivity contribution in [3.05, 3.63) is 59.7 Å². The molecule has 2 aromatic carbocycles. The summed E-state index contributed by atoms with van der Waals surface area (Å²) in [6, 6.07) is 20.9. The highest BCUT2D eigenvalue weighted by molar-refractivity contribution is 7.90. The number of Topliss-reactive ketones (excluding diaryl/α,β-unsaturated/α-hetero) is 2. The van der Waals surface area contributed by atoms with Gasteiger partial charge in [-0.2, -0.15) is 18.4 Å². The van der Waals surface area contributed by atoms with Crippen LogP contribution in [0, 0.1) is 11.3 Å². The third-order valence-electron chi connectivity index (χ3n) is 20.1. The van der Waals surface area contributed by atoms with Crippen LogP contribution in [-0.2, 0) is 62.1 Å². The number of benzene rings is 2. The van der Waals surface area contributed by atoms with Crippen molar-refractivity contribution >= 4 is 84.3 Å². The normalized spacial score (nSPS) is 11.5. The van der Waals surface area contributed by atoms with Crippen molar-refractivity contribution in [2.24, 2.45) is 0 Å². The first-order valence-corrected chi connectivity index (χ1v) is 55.5. The van der Waals surface area contributed by atoms with E-state index in [2.05, 4.69) is 70.2 Å². The van der Waals surface area contributed by atoms with Crippen LogP contribution in [0.25, 0.3) is 11.1 Å². The van der Waals surface area contributed by atoms with Gasteiger partial charge in [0.15, 0.2) is 16.4 Å².